The predicted octanol–water partition coefficient (Wildman–Crippen LogP) is 2.86. The minimum atomic E-state index is -1.38. The van der Waals surface area contributed by atoms with Gasteiger partial charge in [0.05, 0.1) is 13.2 Å². The number of aliphatic carboxylic acids is 1. The number of carbonyl (C=O) groups excluding carboxylic acids is 2. The van der Waals surface area contributed by atoms with Crippen molar-refractivity contribution in [2.24, 2.45) is 11.8 Å². The highest BCUT2D eigenvalue weighted by Crippen LogP contribution is 2.44. The number of amides is 2. The maximum absolute atomic E-state index is 12.8. The number of fused-ring (bicyclic) bond motifs is 3. The fourth-order valence-corrected chi connectivity index (χ4v) is 5.06. The van der Waals surface area contributed by atoms with Crippen molar-refractivity contribution in [3.05, 3.63) is 59.7 Å². The van der Waals surface area contributed by atoms with Crippen molar-refractivity contribution < 1.29 is 29.0 Å². The molecule has 0 bridgehead atoms. The first-order valence-electron chi connectivity index (χ1n) is 11.6. The minimum absolute atomic E-state index is 0.00160. The highest BCUT2D eigenvalue weighted by molar-refractivity contribution is 5.84. The molecule has 1 saturated carbocycles. The van der Waals surface area contributed by atoms with Crippen molar-refractivity contribution in [1.82, 2.24) is 10.2 Å². The van der Waals surface area contributed by atoms with E-state index in [1.807, 2.05) is 24.3 Å². The second-order valence-corrected chi connectivity index (χ2v) is 9.45. The molecule has 2 N–H and O–H groups in total. The summed E-state index contributed by atoms with van der Waals surface area (Å²) in [5.74, 6) is -1.32. The maximum Gasteiger partial charge on any atom is 0.407 e. The van der Waals surface area contributed by atoms with Crippen LogP contribution in [0.5, 0.6) is 0 Å². The van der Waals surface area contributed by atoms with E-state index in [0.717, 1.165) is 11.1 Å². The van der Waals surface area contributed by atoms with E-state index in [2.05, 4.69) is 29.6 Å². The number of carboxylic acid groups (broad SMARTS) is 1. The molecule has 2 amide bonds. The third-order valence-corrected chi connectivity index (χ3v) is 7.13. The topological polar surface area (TPSA) is 105 Å². The Hall–Kier alpha value is -3.39. The van der Waals surface area contributed by atoms with E-state index in [-0.39, 0.29) is 43.4 Å². The number of nitrogens with one attached hydrogen (secondary N) is 1. The number of nitrogens with zero attached hydrogens (tertiary/aromatic N) is 1. The molecule has 0 spiro atoms. The predicted molar refractivity (Wildman–Crippen MR) is 123 cm³/mol. The molecule has 178 valence electrons. The average molecular weight is 465 g/mol. The number of morpholine rings is 1. The molecular weight excluding hydrogens is 436 g/mol. The van der Waals surface area contributed by atoms with Crippen molar-refractivity contribution in [3.8, 4) is 11.1 Å². The Morgan fingerprint density at radius 2 is 1.76 bits per heavy atom. The lowest BCUT2D eigenvalue weighted by atomic mass is 9.98. The standard InChI is InChI=1S/C26H28N2O6/c1-26(24(30)31)15-28(10-11-34-26)23(29)21-12-16(21)13-27-25(32)33-14-22-19-8-4-2-6-17(19)18-7-3-5-9-20(18)22/h2-9,16,21-22H,10-15H2,1H3,(H,27,32)(H,30,31)/t16-,21-,26?/m1/s1. The lowest BCUT2D eigenvalue weighted by molar-refractivity contribution is -0.177. The molecule has 0 radical (unpaired) electrons. The fourth-order valence-electron chi connectivity index (χ4n) is 5.06. The van der Waals surface area contributed by atoms with E-state index >= 15 is 0 Å². The van der Waals surface area contributed by atoms with Crippen LogP contribution in [0.25, 0.3) is 11.1 Å². The minimum Gasteiger partial charge on any atom is -0.479 e. The summed E-state index contributed by atoms with van der Waals surface area (Å²) >= 11 is 0. The first kappa shape index (κ1) is 22.4. The van der Waals surface area contributed by atoms with Crippen LogP contribution in [0.1, 0.15) is 30.4 Å². The maximum atomic E-state index is 12.8. The van der Waals surface area contributed by atoms with Crippen LogP contribution in [-0.2, 0) is 19.1 Å². The van der Waals surface area contributed by atoms with E-state index in [0.29, 0.717) is 19.5 Å². The van der Waals surface area contributed by atoms with Crippen LogP contribution in [0, 0.1) is 11.8 Å². The van der Waals surface area contributed by atoms with E-state index in [4.69, 9.17) is 9.47 Å². The number of ether oxygens (including phenoxy) is 2. The van der Waals surface area contributed by atoms with Gasteiger partial charge in [0.2, 0.25) is 5.91 Å². The zero-order valence-electron chi connectivity index (χ0n) is 19.0. The van der Waals surface area contributed by atoms with Crippen molar-refractivity contribution in [1.29, 1.82) is 0 Å². The van der Waals surface area contributed by atoms with E-state index in [1.165, 1.54) is 18.1 Å². The molecule has 2 aromatic carbocycles. The van der Waals surface area contributed by atoms with Gasteiger partial charge in [0.25, 0.3) is 0 Å². The summed E-state index contributed by atoms with van der Waals surface area (Å²) in [6.45, 7) is 2.69. The molecule has 1 aliphatic heterocycles. The molecule has 1 saturated heterocycles. The summed E-state index contributed by atoms with van der Waals surface area (Å²) in [5, 5.41) is 12.1. The summed E-state index contributed by atoms with van der Waals surface area (Å²) in [7, 11) is 0. The van der Waals surface area contributed by atoms with Gasteiger partial charge >= 0.3 is 12.1 Å². The van der Waals surface area contributed by atoms with Gasteiger partial charge in [-0.3, -0.25) is 4.79 Å². The van der Waals surface area contributed by atoms with Crippen molar-refractivity contribution in [3.63, 3.8) is 0 Å². The molecule has 34 heavy (non-hydrogen) atoms. The Morgan fingerprint density at radius 1 is 1.12 bits per heavy atom. The molecule has 3 atom stereocenters. The van der Waals surface area contributed by atoms with Crippen LogP contribution < -0.4 is 5.32 Å². The molecule has 2 fully saturated rings. The van der Waals surface area contributed by atoms with Gasteiger partial charge < -0.3 is 24.8 Å². The quantitative estimate of drug-likeness (QED) is 0.681. The number of hydrogen-bond donors (Lipinski definition) is 2. The largest absolute Gasteiger partial charge is 0.479 e. The van der Waals surface area contributed by atoms with Gasteiger partial charge in [-0.25, -0.2) is 9.59 Å². The molecule has 5 rings (SSSR count). The van der Waals surface area contributed by atoms with Crippen LogP contribution in [0.15, 0.2) is 48.5 Å². The highest BCUT2D eigenvalue weighted by Gasteiger charge is 2.48. The second kappa shape index (κ2) is 8.76. The van der Waals surface area contributed by atoms with Crippen LogP contribution in [0.3, 0.4) is 0 Å². The molecule has 0 aromatic heterocycles. The Bertz CT molecular complexity index is 1090. The van der Waals surface area contributed by atoms with Crippen molar-refractivity contribution >= 4 is 18.0 Å². The summed E-state index contributed by atoms with van der Waals surface area (Å²) in [6, 6.07) is 16.3. The number of carboxylic acids is 1. The molecule has 3 aliphatic rings. The molecule has 1 heterocycles. The normalized spacial score (nSPS) is 25.3. The summed E-state index contributed by atoms with van der Waals surface area (Å²) in [4.78, 5) is 38.2. The second-order valence-electron chi connectivity index (χ2n) is 9.45. The van der Waals surface area contributed by atoms with Gasteiger partial charge in [-0.1, -0.05) is 48.5 Å². The molecular formula is C26H28N2O6. The van der Waals surface area contributed by atoms with Gasteiger partial charge in [0.1, 0.15) is 6.61 Å². The molecule has 8 nitrogen and oxygen atoms in total. The van der Waals surface area contributed by atoms with Crippen LogP contribution in [0.2, 0.25) is 0 Å². The molecule has 1 unspecified atom stereocenters. The lowest BCUT2D eigenvalue weighted by Crippen LogP contribution is -2.56. The van der Waals surface area contributed by atoms with Gasteiger partial charge in [-0.05, 0) is 41.5 Å². The number of benzene rings is 2. The van der Waals surface area contributed by atoms with Crippen LogP contribution in [0.4, 0.5) is 4.79 Å². The number of alkyl carbamates (subject to hydrolysis) is 1. The van der Waals surface area contributed by atoms with Crippen molar-refractivity contribution in [2.75, 3.05) is 32.8 Å². The van der Waals surface area contributed by atoms with E-state index in [1.54, 1.807) is 4.90 Å². The SMILES string of the molecule is CC1(C(=O)O)CN(C(=O)[C@@H]2C[C@@H]2CNC(=O)OCC2c3ccccc3-c3ccccc32)CCO1. The third-order valence-electron chi connectivity index (χ3n) is 7.13. The van der Waals surface area contributed by atoms with Crippen LogP contribution in [-0.4, -0.2) is 66.4 Å². The number of hydrogen-bond acceptors (Lipinski definition) is 5. The van der Waals surface area contributed by atoms with E-state index in [9.17, 15) is 19.5 Å². The zero-order chi connectivity index (χ0) is 23.9. The summed E-state index contributed by atoms with van der Waals surface area (Å²) in [6.07, 6.45) is 0.175. The van der Waals surface area contributed by atoms with Gasteiger partial charge in [-0.15, -0.1) is 0 Å². The van der Waals surface area contributed by atoms with Gasteiger partial charge in [-0.2, -0.15) is 0 Å². The van der Waals surface area contributed by atoms with Gasteiger partial charge in [0.15, 0.2) is 5.60 Å². The molecule has 8 heteroatoms. The number of carbonyl (C=O) groups is 3. The summed E-state index contributed by atoms with van der Waals surface area (Å²) < 4.78 is 10.9. The molecule has 2 aliphatic carbocycles. The average Bonchev–Trinajstić information content (AvgIpc) is 3.55. The first-order valence-corrected chi connectivity index (χ1v) is 11.6. The van der Waals surface area contributed by atoms with Gasteiger partial charge in [0, 0.05) is 24.9 Å². The Morgan fingerprint density at radius 3 is 2.41 bits per heavy atom. The highest BCUT2D eigenvalue weighted by atomic mass is 16.5. The smallest absolute Gasteiger partial charge is 0.407 e. The Labute approximate surface area is 197 Å². The molecule has 2 aromatic rings. The first-order chi connectivity index (χ1) is 16.4. The monoisotopic (exact) mass is 464 g/mol. The lowest BCUT2D eigenvalue weighted by Gasteiger charge is -2.37. The Kier molecular flexibility index (Phi) is 5.77. The summed E-state index contributed by atoms with van der Waals surface area (Å²) in [5.41, 5.74) is 3.28. The fraction of sp³-hybridized carbons (Fsp3) is 0.423. The third kappa shape index (κ3) is 4.14. The Balaban J connectivity index is 1.11. The zero-order valence-corrected chi connectivity index (χ0v) is 19.0. The number of rotatable bonds is 6. The van der Waals surface area contributed by atoms with Crippen LogP contribution >= 0.6 is 0 Å². The van der Waals surface area contributed by atoms with Crippen molar-refractivity contribution in [2.45, 2.75) is 24.9 Å². The van der Waals surface area contributed by atoms with E-state index < -0.39 is 17.7 Å².